The van der Waals surface area contributed by atoms with Crippen LogP contribution < -0.4 is 10.6 Å². The second kappa shape index (κ2) is 6.40. The zero-order valence-electron chi connectivity index (χ0n) is 10.6. The van der Waals surface area contributed by atoms with Gasteiger partial charge in [0.2, 0.25) is 5.91 Å². The first-order valence-corrected chi connectivity index (χ1v) is 6.12. The first kappa shape index (κ1) is 14.4. The third-order valence-electron chi connectivity index (χ3n) is 2.85. The number of hydrogen-bond donors (Lipinski definition) is 2. The van der Waals surface area contributed by atoms with E-state index in [1.807, 2.05) is 0 Å². The summed E-state index contributed by atoms with van der Waals surface area (Å²) in [5.41, 5.74) is -0.494. The number of nitrogens with zero attached hydrogens (tertiary/aromatic N) is 1. The predicted molar refractivity (Wildman–Crippen MR) is 68.9 cm³/mol. The number of carbonyl (C=O) groups excluding carboxylic acids is 1. The van der Waals surface area contributed by atoms with Gasteiger partial charge in [-0.05, 0) is 6.07 Å². The highest BCUT2D eigenvalue weighted by Crippen LogP contribution is 2.25. The molecule has 2 N–H and O–H groups in total. The van der Waals surface area contributed by atoms with Crippen molar-refractivity contribution < 1.29 is 18.8 Å². The van der Waals surface area contributed by atoms with Gasteiger partial charge in [0.05, 0.1) is 24.1 Å². The van der Waals surface area contributed by atoms with Crippen molar-refractivity contribution in [3.05, 3.63) is 34.1 Å². The van der Waals surface area contributed by atoms with Crippen LogP contribution in [0.3, 0.4) is 0 Å². The molecule has 1 fully saturated rings. The van der Waals surface area contributed by atoms with E-state index in [0.29, 0.717) is 13.2 Å². The molecule has 0 saturated carbocycles. The summed E-state index contributed by atoms with van der Waals surface area (Å²) in [7, 11) is 0. The van der Waals surface area contributed by atoms with E-state index in [0.717, 1.165) is 24.7 Å². The van der Waals surface area contributed by atoms with Gasteiger partial charge in [0, 0.05) is 25.2 Å². The number of anilines is 1. The van der Waals surface area contributed by atoms with Crippen molar-refractivity contribution >= 4 is 17.3 Å². The standard InChI is InChI=1S/C12H14FN3O4/c13-8-1-2-11(16(18)19)10(5-8)15-12(17)6-9-7-14-3-4-20-9/h1-2,5,9,14H,3-4,6-7H2,(H,15,17). The Kier molecular flexibility index (Phi) is 4.59. The molecule has 8 heteroatoms. The highest BCUT2D eigenvalue weighted by atomic mass is 19.1. The molecule has 1 saturated heterocycles. The summed E-state index contributed by atoms with van der Waals surface area (Å²) < 4.78 is 18.5. The lowest BCUT2D eigenvalue weighted by Gasteiger charge is -2.23. The Bertz CT molecular complexity index is 517. The van der Waals surface area contributed by atoms with Gasteiger partial charge in [-0.1, -0.05) is 0 Å². The van der Waals surface area contributed by atoms with E-state index in [9.17, 15) is 19.3 Å². The molecule has 1 unspecified atom stereocenters. The van der Waals surface area contributed by atoms with Gasteiger partial charge in [-0.3, -0.25) is 14.9 Å². The van der Waals surface area contributed by atoms with Gasteiger partial charge in [0.25, 0.3) is 5.69 Å². The number of amides is 1. The molecule has 1 amide bonds. The number of ether oxygens (including phenoxy) is 1. The van der Waals surface area contributed by atoms with Gasteiger partial charge < -0.3 is 15.4 Å². The number of benzene rings is 1. The number of hydrogen-bond acceptors (Lipinski definition) is 5. The monoisotopic (exact) mass is 283 g/mol. The van der Waals surface area contributed by atoms with E-state index >= 15 is 0 Å². The van der Waals surface area contributed by atoms with Crippen molar-refractivity contribution in [2.75, 3.05) is 25.0 Å². The van der Waals surface area contributed by atoms with Gasteiger partial charge in [-0.2, -0.15) is 0 Å². The number of nitro groups is 1. The summed E-state index contributed by atoms with van der Waals surface area (Å²) in [4.78, 5) is 21.9. The highest BCUT2D eigenvalue weighted by molar-refractivity contribution is 5.93. The van der Waals surface area contributed by atoms with Crippen molar-refractivity contribution in [3.8, 4) is 0 Å². The zero-order chi connectivity index (χ0) is 14.5. The first-order chi connectivity index (χ1) is 9.56. The minimum Gasteiger partial charge on any atom is -0.375 e. The van der Waals surface area contributed by atoms with Gasteiger partial charge >= 0.3 is 0 Å². The van der Waals surface area contributed by atoms with Crippen molar-refractivity contribution in [2.45, 2.75) is 12.5 Å². The van der Waals surface area contributed by atoms with E-state index in [1.165, 1.54) is 0 Å². The third kappa shape index (κ3) is 3.72. The maximum atomic E-state index is 13.1. The van der Waals surface area contributed by atoms with Crippen LogP contribution in [0.25, 0.3) is 0 Å². The van der Waals surface area contributed by atoms with Crippen LogP contribution in [0.2, 0.25) is 0 Å². The number of rotatable bonds is 4. The Morgan fingerprint density at radius 1 is 1.60 bits per heavy atom. The van der Waals surface area contributed by atoms with Gasteiger partial charge in [-0.25, -0.2) is 4.39 Å². The average molecular weight is 283 g/mol. The summed E-state index contributed by atoms with van der Waals surface area (Å²) in [6.07, 6.45) is -0.225. The van der Waals surface area contributed by atoms with Crippen LogP contribution in [0.1, 0.15) is 6.42 Å². The molecule has 1 aliphatic rings. The first-order valence-electron chi connectivity index (χ1n) is 6.12. The highest BCUT2D eigenvalue weighted by Gasteiger charge is 2.20. The fourth-order valence-corrected chi connectivity index (χ4v) is 1.93. The van der Waals surface area contributed by atoms with E-state index in [1.54, 1.807) is 0 Å². The number of carbonyl (C=O) groups is 1. The molecule has 1 aromatic rings. The molecule has 0 aromatic heterocycles. The average Bonchev–Trinajstić information content (AvgIpc) is 2.39. The molecule has 1 aliphatic heterocycles. The topological polar surface area (TPSA) is 93.5 Å². The van der Waals surface area contributed by atoms with E-state index in [2.05, 4.69) is 10.6 Å². The maximum Gasteiger partial charge on any atom is 0.292 e. The van der Waals surface area contributed by atoms with Crippen LogP contribution in [0.5, 0.6) is 0 Å². The fraction of sp³-hybridized carbons (Fsp3) is 0.417. The molecule has 1 heterocycles. The van der Waals surface area contributed by atoms with Crippen LogP contribution in [0, 0.1) is 15.9 Å². The molecule has 7 nitrogen and oxygen atoms in total. The van der Waals surface area contributed by atoms with Crippen LogP contribution >= 0.6 is 0 Å². The molecule has 2 rings (SSSR count). The molecule has 0 radical (unpaired) electrons. The molecule has 1 aromatic carbocycles. The summed E-state index contributed by atoms with van der Waals surface area (Å²) >= 11 is 0. The summed E-state index contributed by atoms with van der Waals surface area (Å²) in [5.74, 6) is -1.10. The van der Waals surface area contributed by atoms with Crippen molar-refractivity contribution in [3.63, 3.8) is 0 Å². The number of nitrogens with one attached hydrogen (secondary N) is 2. The Hall–Kier alpha value is -2.06. The van der Waals surface area contributed by atoms with Crippen molar-refractivity contribution in [1.29, 1.82) is 0 Å². The SMILES string of the molecule is O=C(CC1CNCCO1)Nc1cc(F)ccc1[N+](=O)[O-]. The van der Waals surface area contributed by atoms with Gasteiger partial charge in [0.15, 0.2) is 0 Å². The molecule has 108 valence electrons. The lowest BCUT2D eigenvalue weighted by Crippen LogP contribution is -2.40. The van der Waals surface area contributed by atoms with Gasteiger partial charge in [0.1, 0.15) is 11.5 Å². The minimum absolute atomic E-state index is 0.0562. The number of morpholine rings is 1. The van der Waals surface area contributed by atoms with E-state index < -0.39 is 16.6 Å². The smallest absolute Gasteiger partial charge is 0.292 e. The van der Waals surface area contributed by atoms with Crippen LogP contribution in [0.15, 0.2) is 18.2 Å². The van der Waals surface area contributed by atoms with E-state index in [-0.39, 0.29) is 23.9 Å². The summed E-state index contributed by atoms with van der Waals surface area (Å²) in [5, 5.41) is 16.2. The fourth-order valence-electron chi connectivity index (χ4n) is 1.93. The Morgan fingerprint density at radius 2 is 2.40 bits per heavy atom. The lowest BCUT2D eigenvalue weighted by molar-refractivity contribution is -0.384. The Balaban J connectivity index is 2.03. The predicted octanol–water partition coefficient (Wildman–Crippen LogP) is 1.05. The quantitative estimate of drug-likeness (QED) is 0.636. The van der Waals surface area contributed by atoms with Crippen LogP contribution in [0.4, 0.5) is 15.8 Å². The number of halogens is 1. The van der Waals surface area contributed by atoms with Crippen molar-refractivity contribution in [1.82, 2.24) is 5.32 Å². The third-order valence-corrected chi connectivity index (χ3v) is 2.85. The van der Waals surface area contributed by atoms with Crippen LogP contribution in [-0.4, -0.2) is 36.6 Å². The maximum absolute atomic E-state index is 13.1. The molecule has 0 bridgehead atoms. The Labute approximate surface area is 114 Å². The van der Waals surface area contributed by atoms with E-state index in [4.69, 9.17) is 4.74 Å². The largest absolute Gasteiger partial charge is 0.375 e. The summed E-state index contributed by atoms with van der Waals surface area (Å²) in [6, 6.07) is 2.92. The molecule has 0 spiro atoms. The molecular formula is C12H14FN3O4. The molecule has 20 heavy (non-hydrogen) atoms. The van der Waals surface area contributed by atoms with Crippen LogP contribution in [-0.2, 0) is 9.53 Å². The normalized spacial score (nSPS) is 18.6. The molecule has 0 aliphatic carbocycles. The second-order valence-electron chi connectivity index (χ2n) is 4.37. The molecular weight excluding hydrogens is 269 g/mol. The minimum atomic E-state index is -0.673. The zero-order valence-corrected chi connectivity index (χ0v) is 10.6. The second-order valence-corrected chi connectivity index (χ2v) is 4.37. The summed E-state index contributed by atoms with van der Waals surface area (Å²) in [6.45, 7) is 1.78. The lowest BCUT2D eigenvalue weighted by atomic mass is 10.2. The Morgan fingerprint density at radius 3 is 3.05 bits per heavy atom. The van der Waals surface area contributed by atoms with Crippen molar-refractivity contribution in [2.24, 2.45) is 0 Å². The van der Waals surface area contributed by atoms with Gasteiger partial charge in [-0.15, -0.1) is 0 Å². The number of nitro benzene ring substituents is 1. The molecule has 1 atom stereocenters.